The first-order chi connectivity index (χ1) is 9.12. The fourth-order valence-electron chi connectivity index (χ4n) is 2.46. The van der Waals surface area contributed by atoms with Crippen LogP contribution in [0.1, 0.15) is 31.2 Å². The second kappa shape index (κ2) is 6.22. The summed E-state index contributed by atoms with van der Waals surface area (Å²) in [6.07, 6.45) is 1.64. The van der Waals surface area contributed by atoms with E-state index in [2.05, 4.69) is 10.4 Å². The normalized spacial score (nSPS) is 18.7. The Morgan fingerprint density at radius 1 is 1.47 bits per heavy atom. The zero-order valence-electron chi connectivity index (χ0n) is 11.6. The topological polar surface area (TPSA) is 59.3 Å². The van der Waals surface area contributed by atoms with Gasteiger partial charge in [-0.3, -0.25) is 4.68 Å². The van der Waals surface area contributed by atoms with Crippen LogP contribution in [0.15, 0.2) is 0 Å². The number of aryl methyl sites for hydroxylation is 2. The summed E-state index contributed by atoms with van der Waals surface area (Å²) in [5, 5.41) is 18.2. The minimum Gasteiger partial charge on any atom is -0.394 e. The molecule has 1 aliphatic heterocycles. The lowest BCUT2D eigenvalue weighted by Gasteiger charge is -2.36. The van der Waals surface area contributed by atoms with E-state index in [9.17, 15) is 5.11 Å². The molecule has 1 aromatic heterocycles. The van der Waals surface area contributed by atoms with Crippen LogP contribution in [-0.2, 0) is 17.8 Å². The first-order valence-electron chi connectivity index (χ1n) is 6.77. The highest BCUT2D eigenvalue weighted by Crippen LogP contribution is 2.24. The summed E-state index contributed by atoms with van der Waals surface area (Å²) in [7, 11) is 0. The Labute approximate surface area is 118 Å². The summed E-state index contributed by atoms with van der Waals surface area (Å²) in [5.74, 6) is 0. The van der Waals surface area contributed by atoms with Crippen molar-refractivity contribution in [1.82, 2.24) is 15.1 Å². The maximum absolute atomic E-state index is 9.65. The molecule has 1 aromatic rings. The van der Waals surface area contributed by atoms with Gasteiger partial charge < -0.3 is 15.2 Å². The van der Waals surface area contributed by atoms with E-state index in [1.54, 1.807) is 0 Å². The molecule has 0 amide bonds. The van der Waals surface area contributed by atoms with E-state index in [-0.39, 0.29) is 12.1 Å². The minimum absolute atomic E-state index is 0.118. The summed E-state index contributed by atoms with van der Waals surface area (Å²) in [6.45, 7) is 6.86. The quantitative estimate of drug-likeness (QED) is 0.862. The largest absolute Gasteiger partial charge is 0.394 e. The SMILES string of the molecule is CCn1nc(C)c(Cl)c1CNC1(CO)CCOCC1. The molecule has 0 spiro atoms. The van der Waals surface area contributed by atoms with Gasteiger partial charge in [-0.05, 0) is 26.7 Å². The molecule has 2 heterocycles. The third-order valence-corrected chi connectivity index (χ3v) is 4.33. The third-order valence-electron chi connectivity index (χ3n) is 3.84. The lowest BCUT2D eigenvalue weighted by Crippen LogP contribution is -2.52. The van der Waals surface area contributed by atoms with Crippen molar-refractivity contribution in [1.29, 1.82) is 0 Å². The van der Waals surface area contributed by atoms with Gasteiger partial charge in [-0.25, -0.2) is 0 Å². The lowest BCUT2D eigenvalue weighted by atomic mass is 9.91. The number of halogens is 1. The number of aliphatic hydroxyl groups excluding tert-OH is 1. The van der Waals surface area contributed by atoms with Crippen molar-refractivity contribution < 1.29 is 9.84 Å². The molecule has 5 nitrogen and oxygen atoms in total. The van der Waals surface area contributed by atoms with Gasteiger partial charge in [0.2, 0.25) is 0 Å². The molecule has 0 unspecified atom stereocenters. The van der Waals surface area contributed by atoms with E-state index >= 15 is 0 Å². The molecule has 1 aliphatic rings. The van der Waals surface area contributed by atoms with Gasteiger partial charge in [0.15, 0.2) is 0 Å². The molecule has 0 bridgehead atoms. The highest BCUT2D eigenvalue weighted by atomic mass is 35.5. The van der Waals surface area contributed by atoms with Gasteiger partial charge in [0, 0.05) is 31.8 Å². The first-order valence-corrected chi connectivity index (χ1v) is 7.15. The van der Waals surface area contributed by atoms with Crippen molar-refractivity contribution in [2.24, 2.45) is 0 Å². The molecule has 19 heavy (non-hydrogen) atoms. The Morgan fingerprint density at radius 3 is 2.74 bits per heavy atom. The van der Waals surface area contributed by atoms with Crippen LogP contribution in [0.25, 0.3) is 0 Å². The predicted molar refractivity (Wildman–Crippen MR) is 74.4 cm³/mol. The molecule has 108 valence electrons. The number of nitrogens with one attached hydrogen (secondary N) is 1. The maximum Gasteiger partial charge on any atom is 0.0860 e. The van der Waals surface area contributed by atoms with Crippen molar-refractivity contribution in [3.05, 3.63) is 16.4 Å². The number of rotatable bonds is 5. The van der Waals surface area contributed by atoms with Gasteiger partial charge in [0.1, 0.15) is 0 Å². The molecule has 2 rings (SSSR count). The van der Waals surface area contributed by atoms with E-state index in [0.717, 1.165) is 35.8 Å². The maximum atomic E-state index is 9.65. The average Bonchev–Trinajstić information content (AvgIpc) is 2.73. The smallest absolute Gasteiger partial charge is 0.0860 e. The van der Waals surface area contributed by atoms with Crippen LogP contribution < -0.4 is 5.32 Å². The fraction of sp³-hybridized carbons (Fsp3) is 0.769. The summed E-state index contributed by atoms with van der Waals surface area (Å²) in [4.78, 5) is 0. The summed E-state index contributed by atoms with van der Waals surface area (Å²) >= 11 is 6.29. The third kappa shape index (κ3) is 3.11. The van der Waals surface area contributed by atoms with Crippen molar-refractivity contribution >= 4 is 11.6 Å². The van der Waals surface area contributed by atoms with E-state index in [1.165, 1.54) is 0 Å². The molecular weight excluding hydrogens is 266 g/mol. The molecule has 0 saturated carbocycles. The predicted octanol–water partition coefficient (Wildman–Crippen LogP) is 1.50. The van der Waals surface area contributed by atoms with Crippen LogP contribution in [0, 0.1) is 6.92 Å². The molecule has 2 N–H and O–H groups in total. The highest BCUT2D eigenvalue weighted by molar-refractivity contribution is 6.31. The van der Waals surface area contributed by atoms with Gasteiger partial charge in [-0.2, -0.15) is 5.10 Å². The Morgan fingerprint density at radius 2 is 2.16 bits per heavy atom. The molecular formula is C13H22ClN3O2. The summed E-state index contributed by atoms with van der Waals surface area (Å²) < 4.78 is 7.27. The first kappa shape index (κ1) is 14.8. The molecule has 0 aromatic carbocycles. The lowest BCUT2D eigenvalue weighted by molar-refractivity contribution is 0.0109. The van der Waals surface area contributed by atoms with E-state index in [0.29, 0.717) is 19.8 Å². The van der Waals surface area contributed by atoms with Crippen LogP contribution in [-0.4, -0.2) is 40.2 Å². The van der Waals surface area contributed by atoms with Crippen molar-refractivity contribution in [3.63, 3.8) is 0 Å². The summed E-state index contributed by atoms with van der Waals surface area (Å²) in [5.41, 5.74) is 1.59. The second-order valence-corrected chi connectivity index (χ2v) is 5.44. The van der Waals surface area contributed by atoms with Gasteiger partial charge in [0.25, 0.3) is 0 Å². The van der Waals surface area contributed by atoms with Gasteiger partial charge in [-0.1, -0.05) is 11.6 Å². The minimum atomic E-state index is -0.252. The van der Waals surface area contributed by atoms with Crippen LogP contribution in [0.4, 0.5) is 0 Å². The second-order valence-electron chi connectivity index (χ2n) is 5.07. The van der Waals surface area contributed by atoms with Gasteiger partial charge in [0.05, 0.1) is 23.0 Å². The van der Waals surface area contributed by atoms with Crippen LogP contribution in [0.2, 0.25) is 5.02 Å². The molecule has 6 heteroatoms. The molecule has 0 aliphatic carbocycles. The number of hydrogen-bond donors (Lipinski definition) is 2. The van der Waals surface area contributed by atoms with Crippen LogP contribution in [0.3, 0.4) is 0 Å². The highest BCUT2D eigenvalue weighted by Gasteiger charge is 2.31. The zero-order chi connectivity index (χ0) is 13.9. The number of ether oxygens (including phenoxy) is 1. The van der Waals surface area contributed by atoms with Crippen LogP contribution >= 0.6 is 11.6 Å². The van der Waals surface area contributed by atoms with Gasteiger partial charge in [-0.15, -0.1) is 0 Å². The van der Waals surface area contributed by atoms with Crippen molar-refractivity contribution in [3.8, 4) is 0 Å². The van der Waals surface area contributed by atoms with Crippen molar-refractivity contribution in [2.75, 3.05) is 19.8 Å². The summed E-state index contributed by atoms with van der Waals surface area (Å²) in [6, 6.07) is 0. The van der Waals surface area contributed by atoms with E-state index in [4.69, 9.17) is 16.3 Å². The molecule has 0 atom stereocenters. The standard InChI is InChI=1S/C13H22ClN3O2/c1-3-17-11(12(14)10(2)16-17)8-15-13(9-18)4-6-19-7-5-13/h15,18H,3-9H2,1-2H3. The fourth-order valence-corrected chi connectivity index (χ4v) is 2.66. The Balaban J connectivity index is 2.08. The average molecular weight is 288 g/mol. The van der Waals surface area contributed by atoms with Gasteiger partial charge >= 0.3 is 0 Å². The number of aliphatic hydroxyl groups is 1. The monoisotopic (exact) mass is 287 g/mol. The number of aromatic nitrogens is 2. The Hall–Kier alpha value is -0.620. The number of hydrogen-bond acceptors (Lipinski definition) is 4. The Bertz CT molecular complexity index is 428. The molecule has 1 saturated heterocycles. The molecule has 0 radical (unpaired) electrons. The van der Waals surface area contributed by atoms with E-state index < -0.39 is 0 Å². The van der Waals surface area contributed by atoms with Crippen molar-refractivity contribution in [2.45, 2.75) is 45.3 Å². The Kier molecular flexibility index (Phi) is 4.84. The molecule has 1 fully saturated rings. The van der Waals surface area contributed by atoms with Crippen LogP contribution in [0.5, 0.6) is 0 Å². The zero-order valence-corrected chi connectivity index (χ0v) is 12.3. The van der Waals surface area contributed by atoms with E-state index in [1.807, 2.05) is 18.5 Å². The number of nitrogens with zero attached hydrogens (tertiary/aromatic N) is 2.